The molecule has 178 valence electrons. The molecule has 2 aromatic carbocycles. The molecule has 0 bridgehead atoms. The second-order valence-electron chi connectivity index (χ2n) is 8.92. The van der Waals surface area contributed by atoms with E-state index in [0.29, 0.717) is 17.9 Å². The van der Waals surface area contributed by atoms with Gasteiger partial charge in [0.2, 0.25) is 5.91 Å². The number of aromatic nitrogens is 1. The molecule has 0 saturated carbocycles. The second kappa shape index (κ2) is 9.66. The first-order valence-electron chi connectivity index (χ1n) is 12.1. The molecule has 1 aliphatic heterocycles. The first-order valence-corrected chi connectivity index (χ1v) is 12.1. The van der Waals surface area contributed by atoms with Crippen molar-refractivity contribution < 1.29 is 14.0 Å². The first-order chi connectivity index (χ1) is 17.1. The van der Waals surface area contributed by atoms with Crippen molar-refractivity contribution in [3.05, 3.63) is 108 Å². The van der Waals surface area contributed by atoms with Crippen molar-refractivity contribution in [3.63, 3.8) is 0 Å². The van der Waals surface area contributed by atoms with Crippen LogP contribution in [0.15, 0.2) is 89.7 Å². The van der Waals surface area contributed by atoms with Crippen LogP contribution in [-0.2, 0) is 4.79 Å². The number of para-hydroxylation sites is 2. The predicted molar refractivity (Wildman–Crippen MR) is 136 cm³/mol. The number of furan rings is 1. The van der Waals surface area contributed by atoms with E-state index in [0.717, 1.165) is 35.5 Å². The molecule has 5 rings (SSSR count). The minimum Gasteiger partial charge on any atom is -0.467 e. The van der Waals surface area contributed by atoms with Crippen molar-refractivity contribution in [2.75, 3.05) is 18.0 Å². The van der Waals surface area contributed by atoms with Crippen LogP contribution in [0.1, 0.15) is 53.2 Å². The normalized spacial score (nSPS) is 14.3. The van der Waals surface area contributed by atoms with E-state index in [9.17, 15) is 9.59 Å². The van der Waals surface area contributed by atoms with Gasteiger partial charge < -0.3 is 13.9 Å². The summed E-state index contributed by atoms with van der Waals surface area (Å²) in [6, 6.07) is 22.6. The summed E-state index contributed by atoms with van der Waals surface area (Å²) >= 11 is 0. The van der Waals surface area contributed by atoms with E-state index < -0.39 is 6.04 Å². The van der Waals surface area contributed by atoms with Gasteiger partial charge in [0.05, 0.1) is 23.3 Å². The van der Waals surface area contributed by atoms with E-state index in [1.54, 1.807) is 16.1 Å². The standard InChI is InChI=1S/C29H29N3O3/c1-3-4-17-30(29(34)22-15-13-21(2)14-16-22)20-27(33)32-24-10-6-5-9-23(24)31-18-7-11-25(31)28(32)26-12-8-19-35-26/h5-16,18-19,28H,3-4,17,20H2,1-2H3. The number of benzene rings is 2. The number of rotatable bonds is 7. The number of carbonyl (C=O) groups excluding carboxylic acids is 2. The van der Waals surface area contributed by atoms with Crippen LogP contribution in [0.3, 0.4) is 0 Å². The molecule has 1 atom stereocenters. The van der Waals surface area contributed by atoms with E-state index in [-0.39, 0.29) is 18.4 Å². The molecule has 0 N–H and O–H groups in total. The van der Waals surface area contributed by atoms with Crippen molar-refractivity contribution in [1.29, 1.82) is 0 Å². The van der Waals surface area contributed by atoms with Crippen LogP contribution in [0.4, 0.5) is 5.69 Å². The molecule has 6 nitrogen and oxygen atoms in total. The maximum Gasteiger partial charge on any atom is 0.254 e. The van der Waals surface area contributed by atoms with Crippen LogP contribution in [0.2, 0.25) is 0 Å². The van der Waals surface area contributed by atoms with Crippen LogP contribution in [-0.4, -0.2) is 34.4 Å². The Labute approximate surface area is 205 Å². The molecule has 3 heterocycles. The van der Waals surface area contributed by atoms with Crippen LogP contribution in [0.25, 0.3) is 5.69 Å². The third kappa shape index (κ3) is 4.28. The topological polar surface area (TPSA) is 58.7 Å². The quantitative estimate of drug-likeness (QED) is 0.347. The zero-order valence-corrected chi connectivity index (χ0v) is 20.1. The highest BCUT2D eigenvalue weighted by Crippen LogP contribution is 2.42. The average Bonchev–Trinajstić information content (AvgIpc) is 3.58. The molecular weight excluding hydrogens is 438 g/mol. The van der Waals surface area contributed by atoms with Gasteiger partial charge in [0.1, 0.15) is 18.3 Å². The molecule has 2 aromatic heterocycles. The van der Waals surface area contributed by atoms with Gasteiger partial charge in [-0.15, -0.1) is 0 Å². The SMILES string of the molecule is CCCCN(CC(=O)N1c2ccccc2-n2cccc2C1c1ccco1)C(=O)c1ccc(C)cc1. The molecule has 0 saturated heterocycles. The number of hydrogen-bond donors (Lipinski definition) is 0. The Hall–Kier alpha value is -4.06. The summed E-state index contributed by atoms with van der Waals surface area (Å²) in [5.74, 6) is 0.399. The smallest absolute Gasteiger partial charge is 0.254 e. The lowest BCUT2D eigenvalue weighted by molar-refractivity contribution is -0.119. The van der Waals surface area contributed by atoms with Crippen molar-refractivity contribution in [2.24, 2.45) is 0 Å². The van der Waals surface area contributed by atoms with Gasteiger partial charge in [-0.2, -0.15) is 0 Å². The van der Waals surface area contributed by atoms with Crippen LogP contribution in [0.5, 0.6) is 0 Å². The molecule has 1 unspecified atom stereocenters. The Morgan fingerprint density at radius 3 is 2.43 bits per heavy atom. The van der Waals surface area contributed by atoms with Crippen LogP contribution in [0, 0.1) is 6.92 Å². The van der Waals surface area contributed by atoms with Gasteiger partial charge in [-0.3, -0.25) is 14.5 Å². The van der Waals surface area contributed by atoms with E-state index in [2.05, 4.69) is 11.5 Å². The fourth-order valence-corrected chi connectivity index (χ4v) is 4.70. The number of hydrogen-bond acceptors (Lipinski definition) is 3. The summed E-state index contributed by atoms with van der Waals surface area (Å²) < 4.78 is 7.90. The highest BCUT2D eigenvalue weighted by molar-refractivity contribution is 6.02. The van der Waals surface area contributed by atoms with Gasteiger partial charge in [0, 0.05) is 18.3 Å². The van der Waals surface area contributed by atoms with Crippen molar-refractivity contribution >= 4 is 17.5 Å². The van der Waals surface area contributed by atoms with E-state index in [4.69, 9.17) is 4.42 Å². The Morgan fingerprint density at radius 1 is 0.943 bits per heavy atom. The third-order valence-electron chi connectivity index (χ3n) is 6.49. The van der Waals surface area contributed by atoms with E-state index in [1.807, 2.05) is 85.9 Å². The number of fused-ring (bicyclic) bond motifs is 3. The number of carbonyl (C=O) groups is 2. The van der Waals surface area contributed by atoms with Gasteiger partial charge in [0.25, 0.3) is 5.91 Å². The zero-order valence-electron chi connectivity index (χ0n) is 20.1. The maximum absolute atomic E-state index is 14.0. The van der Waals surface area contributed by atoms with Crippen molar-refractivity contribution in [1.82, 2.24) is 9.47 Å². The molecule has 4 aromatic rings. The van der Waals surface area contributed by atoms with Gasteiger partial charge in [0.15, 0.2) is 0 Å². The zero-order chi connectivity index (χ0) is 24.4. The minimum atomic E-state index is -0.426. The number of aryl methyl sites for hydroxylation is 1. The number of amides is 2. The lowest BCUT2D eigenvalue weighted by atomic mass is 10.0. The monoisotopic (exact) mass is 467 g/mol. The molecule has 35 heavy (non-hydrogen) atoms. The first kappa shape index (κ1) is 22.7. The van der Waals surface area contributed by atoms with E-state index in [1.165, 1.54) is 0 Å². The summed E-state index contributed by atoms with van der Waals surface area (Å²) in [4.78, 5) is 30.9. The summed E-state index contributed by atoms with van der Waals surface area (Å²) in [6.45, 7) is 4.58. The average molecular weight is 468 g/mol. The molecule has 0 fully saturated rings. The fourth-order valence-electron chi connectivity index (χ4n) is 4.70. The highest BCUT2D eigenvalue weighted by atomic mass is 16.3. The highest BCUT2D eigenvalue weighted by Gasteiger charge is 2.38. The molecule has 0 spiro atoms. The Kier molecular flexibility index (Phi) is 6.27. The Bertz CT molecular complexity index is 1320. The van der Waals surface area contributed by atoms with Gasteiger partial charge in [-0.05, 0) is 61.9 Å². The minimum absolute atomic E-state index is 0.0149. The fraction of sp³-hybridized carbons (Fsp3) is 0.241. The predicted octanol–water partition coefficient (Wildman–Crippen LogP) is 5.76. The summed E-state index contributed by atoms with van der Waals surface area (Å²) in [5.41, 5.74) is 4.34. The van der Waals surface area contributed by atoms with Gasteiger partial charge in [-0.25, -0.2) is 0 Å². The van der Waals surface area contributed by atoms with Crippen molar-refractivity contribution in [3.8, 4) is 5.69 Å². The number of anilines is 1. The van der Waals surface area contributed by atoms with Gasteiger partial charge in [-0.1, -0.05) is 43.2 Å². The Morgan fingerprint density at radius 2 is 1.71 bits per heavy atom. The molecule has 1 aliphatic rings. The summed E-state index contributed by atoms with van der Waals surface area (Å²) in [7, 11) is 0. The largest absolute Gasteiger partial charge is 0.467 e. The molecule has 2 amide bonds. The third-order valence-corrected chi connectivity index (χ3v) is 6.49. The summed E-state index contributed by atoms with van der Waals surface area (Å²) in [5, 5.41) is 0. The molecule has 6 heteroatoms. The lowest BCUT2D eigenvalue weighted by Gasteiger charge is -2.38. The Balaban J connectivity index is 1.52. The number of nitrogens with zero attached hydrogens (tertiary/aromatic N) is 3. The lowest BCUT2D eigenvalue weighted by Crippen LogP contribution is -2.47. The van der Waals surface area contributed by atoms with Crippen LogP contribution >= 0.6 is 0 Å². The second-order valence-corrected chi connectivity index (χ2v) is 8.92. The van der Waals surface area contributed by atoms with E-state index >= 15 is 0 Å². The molecular formula is C29H29N3O3. The molecule has 0 aliphatic carbocycles. The number of unbranched alkanes of at least 4 members (excludes halogenated alkanes) is 1. The summed E-state index contributed by atoms with van der Waals surface area (Å²) in [6.07, 6.45) is 5.38. The van der Waals surface area contributed by atoms with Gasteiger partial charge >= 0.3 is 0 Å². The maximum atomic E-state index is 14.0. The molecule has 0 radical (unpaired) electrons. The van der Waals surface area contributed by atoms with Crippen molar-refractivity contribution in [2.45, 2.75) is 32.7 Å². The van der Waals surface area contributed by atoms with Crippen LogP contribution < -0.4 is 4.90 Å².